The van der Waals surface area contributed by atoms with E-state index in [4.69, 9.17) is 16.3 Å². The quantitative estimate of drug-likeness (QED) is 0.208. The summed E-state index contributed by atoms with van der Waals surface area (Å²) in [5.41, 5.74) is 3.32. The van der Waals surface area contributed by atoms with Crippen molar-refractivity contribution in [1.29, 1.82) is 0 Å². The minimum Gasteiger partial charge on any atom is -0.489 e. The number of halogens is 1. The van der Waals surface area contributed by atoms with Gasteiger partial charge in [0.15, 0.2) is 0 Å². The Hall–Kier alpha value is -4.25. The number of hydrogen-bond donors (Lipinski definition) is 1. The van der Waals surface area contributed by atoms with E-state index in [1.165, 1.54) is 0 Å². The number of nitrogens with zero attached hydrogens (tertiary/aromatic N) is 2. The zero-order valence-electron chi connectivity index (χ0n) is 21.8. The average molecular weight is 592 g/mol. The third-order valence-electron chi connectivity index (χ3n) is 6.84. The first kappa shape index (κ1) is 28.3. The zero-order chi connectivity index (χ0) is 29.0. The van der Waals surface area contributed by atoms with Gasteiger partial charge in [-0.05, 0) is 52.9 Å². The average Bonchev–Trinajstić information content (AvgIpc) is 2.96. The smallest absolute Gasteiger partial charge is 0.289 e. The van der Waals surface area contributed by atoms with Crippen molar-refractivity contribution in [3.05, 3.63) is 134 Å². The van der Waals surface area contributed by atoms with Crippen LogP contribution in [-0.4, -0.2) is 30.2 Å². The largest absolute Gasteiger partial charge is 0.489 e. The third-order valence-corrected chi connectivity index (χ3v) is 8.51. The second-order valence-corrected chi connectivity index (χ2v) is 11.7. The summed E-state index contributed by atoms with van der Waals surface area (Å²) in [6, 6.07) is 27.4. The van der Waals surface area contributed by atoms with Crippen LogP contribution < -0.4 is 9.46 Å². The second kappa shape index (κ2) is 12.1. The zero-order valence-corrected chi connectivity index (χ0v) is 23.3. The Morgan fingerprint density at radius 1 is 0.951 bits per heavy atom. The van der Waals surface area contributed by atoms with Gasteiger partial charge >= 0.3 is 0 Å². The van der Waals surface area contributed by atoms with Gasteiger partial charge in [-0.2, -0.15) is 0 Å². The molecule has 0 aromatic heterocycles. The Balaban J connectivity index is 1.39. The molecule has 1 aliphatic heterocycles. The van der Waals surface area contributed by atoms with Crippen LogP contribution in [0, 0.1) is 10.1 Å². The third kappa shape index (κ3) is 6.74. The summed E-state index contributed by atoms with van der Waals surface area (Å²) in [5, 5.41) is 11.1. The highest BCUT2D eigenvalue weighted by Crippen LogP contribution is 2.30. The maximum atomic E-state index is 13.5. The lowest BCUT2D eigenvalue weighted by atomic mass is 9.93. The molecule has 0 aliphatic carbocycles. The van der Waals surface area contributed by atoms with E-state index < -0.39 is 37.5 Å². The van der Waals surface area contributed by atoms with Gasteiger partial charge in [-0.1, -0.05) is 78.3 Å². The molecule has 4 aromatic carbocycles. The lowest BCUT2D eigenvalue weighted by Crippen LogP contribution is -2.51. The number of ether oxygens (including phenoxy) is 1. The number of nitro groups is 1. The molecule has 11 heteroatoms. The maximum absolute atomic E-state index is 13.5. The lowest BCUT2D eigenvalue weighted by Gasteiger charge is -2.36. The van der Waals surface area contributed by atoms with Crippen molar-refractivity contribution in [3.63, 3.8) is 0 Å². The Morgan fingerprint density at radius 3 is 2.32 bits per heavy atom. The van der Waals surface area contributed by atoms with Crippen molar-refractivity contribution in [2.45, 2.75) is 37.1 Å². The topological polar surface area (TPSA) is 119 Å². The molecule has 9 nitrogen and oxygen atoms in total. The summed E-state index contributed by atoms with van der Waals surface area (Å²) in [6.07, 6.45) is 0.267. The van der Waals surface area contributed by atoms with Crippen molar-refractivity contribution in [2.75, 3.05) is 0 Å². The number of nitro benzene ring substituents is 1. The van der Waals surface area contributed by atoms with Gasteiger partial charge < -0.3 is 4.74 Å². The van der Waals surface area contributed by atoms with Gasteiger partial charge in [0.05, 0.1) is 15.9 Å². The van der Waals surface area contributed by atoms with E-state index in [-0.39, 0.29) is 11.4 Å². The molecule has 0 spiro atoms. The number of carbonyl (C=O) groups is 1. The van der Waals surface area contributed by atoms with E-state index in [1.807, 2.05) is 83.8 Å². The SMILES string of the molecule is O=C(NS(=O)(=O)c1ccc(Cl)c([N+](=O)[O-])c1)[C@@H]1Cc2ccc(OCc3ccccc3)cc2CN1Cc1ccccc1. The molecule has 4 aromatic rings. The summed E-state index contributed by atoms with van der Waals surface area (Å²) in [4.78, 5) is 25.5. The number of nitrogens with one attached hydrogen (secondary N) is 1. The highest BCUT2D eigenvalue weighted by Gasteiger charge is 2.34. The van der Waals surface area contributed by atoms with E-state index >= 15 is 0 Å². The summed E-state index contributed by atoms with van der Waals surface area (Å²) in [5.74, 6) is -0.0318. The molecular weight excluding hydrogens is 566 g/mol. The molecule has 0 radical (unpaired) electrons. The van der Waals surface area contributed by atoms with Crippen molar-refractivity contribution in [3.8, 4) is 5.75 Å². The van der Waals surface area contributed by atoms with Crippen LogP contribution in [-0.2, 0) is 40.9 Å². The predicted octanol–water partition coefficient (Wildman–Crippen LogP) is 5.26. The number of carbonyl (C=O) groups excluding carboxylic acids is 1. The van der Waals surface area contributed by atoms with Crippen LogP contribution in [0.15, 0.2) is 102 Å². The molecule has 1 heterocycles. The number of amides is 1. The van der Waals surface area contributed by atoms with Crippen LogP contribution in [0.4, 0.5) is 5.69 Å². The molecule has 0 bridgehead atoms. The van der Waals surface area contributed by atoms with Gasteiger partial charge in [0.1, 0.15) is 17.4 Å². The van der Waals surface area contributed by atoms with Crippen LogP contribution in [0.2, 0.25) is 5.02 Å². The molecule has 5 rings (SSSR count). The fourth-order valence-corrected chi connectivity index (χ4v) is 5.97. The van der Waals surface area contributed by atoms with Crippen LogP contribution in [0.5, 0.6) is 5.75 Å². The lowest BCUT2D eigenvalue weighted by molar-refractivity contribution is -0.384. The highest BCUT2D eigenvalue weighted by atomic mass is 35.5. The first-order chi connectivity index (χ1) is 19.7. The number of hydrogen-bond acceptors (Lipinski definition) is 7. The van der Waals surface area contributed by atoms with Crippen LogP contribution in [0.1, 0.15) is 22.3 Å². The molecule has 0 saturated carbocycles. The number of fused-ring (bicyclic) bond motifs is 1. The van der Waals surface area contributed by atoms with E-state index in [1.54, 1.807) is 0 Å². The number of sulfonamides is 1. The number of rotatable bonds is 9. The van der Waals surface area contributed by atoms with Crippen molar-refractivity contribution in [2.24, 2.45) is 0 Å². The Labute approximate surface area is 242 Å². The van der Waals surface area contributed by atoms with Crippen LogP contribution in [0.3, 0.4) is 0 Å². The molecule has 1 amide bonds. The standard InChI is InChI=1S/C30H26ClN3O6S/c31-27-14-13-26(17-28(27)34(36)37)41(38,39)32-30(35)29-16-23-11-12-25(40-20-22-9-5-2-6-10-22)15-24(23)19-33(29)18-21-7-3-1-4-8-21/h1-15,17,29H,16,18-20H2,(H,32,35)/t29-/m0/s1. The van der Waals surface area contributed by atoms with Crippen molar-refractivity contribution >= 4 is 33.2 Å². The van der Waals surface area contributed by atoms with Gasteiger partial charge in [-0.3, -0.25) is 19.8 Å². The minimum atomic E-state index is -4.41. The summed E-state index contributed by atoms with van der Waals surface area (Å²) >= 11 is 5.84. The molecule has 0 fully saturated rings. The van der Waals surface area contributed by atoms with E-state index in [9.17, 15) is 23.3 Å². The fourth-order valence-electron chi connectivity index (χ4n) is 4.75. The molecular formula is C30H26ClN3O6S. The Bertz CT molecular complexity index is 1680. The van der Waals surface area contributed by atoms with Gasteiger partial charge in [-0.15, -0.1) is 0 Å². The summed E-state index contributed by atoms with van der Waals surface area (Å²) in [7, 11) is -4.41. The molecule has 0 saturated heterocycles. The molecule has 210 valence electrons. The Kier molecular flexibility index (Phi) is 8.34. The van der Waals surface area contributed by atoms with E-state index in [0.717, 1.165) is 40.5 Å². The van der Waals surface area contributed by atoms with Gasteiger partial charge in [-0.25, -0.2) is 13.1 Å². The van der Waals surface area contributed by atoms with E-state index in [0.29, 0.717) is 25.4 Å². The molecule has 41 heavy (non-hydrogen) atoms. The van der Waals surface area contributed by atoms with E-state index in [2.05, 4.69) is 4.72 Å². The summed E-state index contributed by atoms with van der Waals surface area (Å²) < 4.78 is 34.3. The molecule has 1 aliphatic rings. The van der Waals surface area contributed by atoms with Crippen molar-refractivity contribution in [1.82, 2.24) is 9.62 Å². The molecule has 0 unspecified atom stereocenters. The van der Waals surface area contributed by atoms with Gasteiger partial charge in [0, 0.05) is 19.2 Å². The second-order valence-electron chi connectivity index (χ2n) is 9.66. The van der Waals surface area contributed by atoms with Crippen LogP contribution >= 0.6 is 11.6 Å². The normalized spacial score (nSPS) is 15.1. The highest BCUT2D eigenvalue weighted by molar-refractivity contribution is 7.90. The first-order valence-electron chi connectivity index (χ1n) is 12.8. The summed E-state index contributed by atoms with van der Waals surface area (Å²) in [6.45, 7) is 1.20. The monoisotopic (exact) mass is 591 g/mol. The molecule has 1 N–H and O–H groups in total. The molecule has 1 atom stereocenters. The maximum Gasteiger partial charge on any atom is 0.289 e. The Morgan fingerprint density at radius 2 is 1.63 bits per heavy atom. The van der Waals surface area contributed by atoms with Gasteiger partial charge in [0.2, 0.25) is 0 Å². The predicted molar refractivity (Wildman–Crippen MR) is 154 cm³/mol. The first-order valence-corrected chi connectivity index (χ1v) is 14.6. The van der Waals surface area contributed by atoms with Crippen molar-refractivity contribution < 1.29 is 22.9 Å². The fraction of sp³-hybridized carbons (Fsp3) is 0.167. The van der Waals surface area contributed by atoms with Gasteiger partial charge in [0.25, 0.3) is 21.6 Å². The number of benzene rings is 4. The van der Waals surface area contributed by atoms with Crippen LogP contribution in [0.25, 0.3) is 0 Å². The minimum absolute atomic E-state index is 0.203.